The summed E-state index contributed by atoms with van der Waals surface area (Å²) < 4.78 is 0. The van der Waals surface area contributed by atoms with Gasteiger partial charge in [0.1, 0.15) is 0 Å². The van der Waals surface area contributed by atoms with Crippen LogP contribution in [0.2, 0.25) is 0 Å². The van der Waals surface area contributed by atoms with E-state index in [2.05, 4.69) is 17.6 Å². The number of rotatable bonds is 3. The molecule has 1 amide bonds. The smallest absolute Gasteiger partial charge is 0.237 e. The van der Waals surface area contributed by atoms with E-state index in [4.69, 9.17) is 0 Å². The van der Waals surface area contributed by atoms with E-state index in [0.29, 0.717) is 12.0 Å². The molecular weight excluding hydrogens is 260 g/mol. The second-order valence-corrected chi connectivity index (χ2v) is 7.83. The lowest BCUT2D eigenvalue weighted by Crippen LogP contribution is -2.55. The number of carbonyl (C=O) groups is 1. The first-order valence-corrected chi connectivity index (χ1v) is 9.26. The Labute approximate surface area is 129 Å². The van der Waals surface area contributed by atoms with Crippen LogP contribution < -0.4 is 10.6 Å². The Bertz CT molecular complexity index is 357. The highest BCUT2D eigenvalue weighted by molar-refractivity contribution is 5.81. The molecule has 0 bridgehead atoms. The third-order valence-electron chi connectivity index (χ3n) is 6.08. The summed E-state index contributed by atoms with van der Waals surface area (Å²) >= 11 is 0. The minimum atomic E-state index is 0.0744. The Hall–Kier alpha value is -0.570. The molecule has 3 rings (SSSR count). The van der Waals surface area contributed by atoms with Crippen LogP contribution in [0.3, 0.4) is 0 Å². The lowest BCUT2D eigenvalue weighted by Gasteiger charge is -2.40. The number of piperidine rings is 1. The Morgan fingerprint density at radius 3 is 2.76 bits per heavy atom. The molecule has 1 aliphatic heterocycles. The molecule has 0 spiro atoms. The quantitative estimate of drug-likeness (QED) is 0.838. The third-order valence-corrected chi connectivity index (χ3v) is 6.08. The number of fused-ring (bicyclic) bond motifs is 1. The molecule has 3 aliphatic rings. The molecule has 2 N–H and O–H groups in total. The van der Waals surface area contributed by atoms with Gasteiger partial charge in [0.05, 0.1) is 6.04 Å². The standard InChI is InChI=1S/C18H32N2O/c1-13-5-4-6-14(11-13)12-19-18(21)17-10-9-15-7-2-3-8-16(15)20-17/h13-17,20H,2-12H2,1H3,(H,19,21). The van der Waals surface area contributed by atoms with Gasteiger partial charge in [-0.2, -0.15) is 0 Å². The zero-order chi connectivity index (χ0) is 14.7. The minimum absolute atomic E-state index is 0.0744. The average molecular weight is 292 g/mol. The second-order valence-electron chi connectivity index (χ2n) is 7.83. The fourth-order valence-electron chi connectivity index (χ4n) is 4.82. The summed E-state index contributed by atoms with van der Waals surface area (Å²) in [6.45, 7) is 3.25. The van der Waals surface area contributed by atoms with Crippen LogP contribution in [-0.4, -0.2) is 24.5 Å². The van der Waals surface area contributed by atoms with Gasteiger partial charge in [0, 0.05) is 12.6 Å². The molecule has 5 unspecified atom stereocenters. The summed E-state index contributed by atoms with van der Waals surface area (Å²) in [6.07, 6.45) is 13.0. The van der Waals surface area contributed by atoms with Gasteiger partial charge in [-0.05, 0) is 56.3 Å². The van der Waals surface area contributed by atoms with Crippen molar-refractivity contribution in [3.63, 3.8) is 0 Å². The van der Waals surface area contributed by atoms with Crippen molar-refractivity contribution in [1.82, 2.24) is 10.6 Å². The molecule has 2 saturated carbocycles. The van der Waals surface area contributed by atoms with Gasteiger partial charge in [0.2, 0.25) is 5.91 Å². The van der Waals surface area contributed by atoms with Gasteiger partial charge in [0.15, 0.2) is 0 Å². The molecule has 0 aromatic heterocycles. The van der Waals surface area contributed by atoms with E-state index in [9.17, 15) is 4.79 Å². The van der Waals surface area contributed by atoms with E-state index < -0.39 is 0 Å². The minimum Gasteiger partial charge on any atom is -0.354 e. The molecular formula is C18H32N2O. The second kappa shape index (κ2) is 7.13. The van der Waals surface area contributed by atoms with Crippen molar-refractivity contribution in [1.29, 1.82) is 0 Å². The van der Waals surface area contributed by atoms with Gasteiger partial charge >= 0.3 is 0 Å². The average Bonchev–Trinajstić information content (AvgIpc) is 2.52. The van der Waals surface area contributed by atoms with E-state index in [0.717, 1.165) is 24.8 Å². The van der Waals surface area contributed by atoms with Gasteiger partial charge < -0.3 is 10.6 Å². The number of nitrogens with one attached hydrogen (secondary N) is 2. The molecule has 1 heterocycles. The number of hydrogen-bond acceptors (Lipinski definition) is 2. The molecule has 3 nitrogen and oxygen atoms in total. The lowest BCUT2D eigenvalue weighted by molar-refractivity contribution is -0.124. The summed E-state index contributed by atoms with van der Waals surface area (Å²) in [6, 6.07) is 0.684. The predicted octanol–water partition coefficient (Wildman–Crippen LogP) is 3.24. The van der Waals surface area contributed by atoms with Crippen molar-refractivity contribution < 1.29 is 4.79 Å². The maximum absolute atomic E-state index is 12.4. The fraction of sp³-hybridized carbons (Fsp3) is 0.944. The van der Waals surface area contributed by atoms with Crippen molar-refractivity contribution in [2.45, 2.75) is 83.2 Å². The Morgan fingerprint density at radius 2 is 1.90 bits per heavy atom. The highest BCUT2D eigenvalue weighted by Gasteiger charge is 2.34. The van der Waals surface area contributed by atoms with Crippen LogP contribution in [0, 0.1) is 17.8 Å². The summed E-state index contributed by atoms with van der Waals surface area (Å²) in [5.74, 6) is 2.65. The maximum Gasteiger partial charge on any atom is 0.237 e. The number of amides is 1. The Kier molecular flexibility index (Phi) is 5.20. The fourth-order valence-corrected chi connectivity index (χ4v) is 4.82. The van der Waals surface area contributed by atoms with E-state index in [-0.39, 0.29) is 11.9 Å². The van der Waals surface area contributed by atoms with Crippen molar-refractivity contribution in [3.8, 4) is 0 Å². The Balaban J connectivity index is 1.43. The number of carbonyl (C=O) groups excluding carboxylic acids is 1. The third kappa shape index (κ3) is 4.00. The van der Waals surface area contributed by atoms with Crippen LogP contribution in [0.1, 0.15) is 71.1 Å². The maximum atomic E-state index is 12.4. The van der Waals surface area contributed by atoms with Gasteiger partial charge in [0.25, 0.3) is 0 Å². The topological polar surface area (TPSA) is 41.1 Å². The SMILES string of the molecule is CC1CCCC(CNC(=O)C2CCC3CCCCC3N2)C1. The van der Waals surface area contributed by atoms with Crippen LogP contribution in [0.4, 0.5) is 0 Å². The monoisotopic (exact) mass is 292 g/mol. The van der Waals surface area contributed by atoms with E-state index in [1.165, 1.54) is 57.8 Å². The first-order valence-electron chi connectivity index (χ1n) is 9.26. The normalized spacial score (nSPS) is 40.3. The highest BCUT2D eigenvalue weighted by Crippen LogP contribution is 2.32. The van der Waals surface area contributed by atoms with Gasteiger partial charge in [-0.1, -0.05) is 32.6 Å². The van der Waals surface area contributed by atoms with Crippen LogP contribution in [0.15, 0.2) is 0 Å². The van der Waals surface area contributed by atoms with Crippen molar-refractivity contribution in [2.75, 3.05) is 6.54 Å². The van der Waals surface area contributed by atoms with Crippen LogP contribution in [0.25, 0.3) is 0 Å². The van der Waals surface area contributed by atoms with Gasteiger partial charge in [-0.3, -0.25) is 4.79 Å². The lowest BCUT2D eigenvalue weighted by atomic mass is 9.77. The summed E-state index contributed by atoms with van der Waals surface area (Å²) in [5, 5.41) is 6.88. The van der Waals surface area contributed by atoms with Crippen LogP contribution >= 0.6 is 0 Å². The van der Waals surface area contributed by atoms with Crippen LogP contribution in [-0.2, 0) is 4.79 Å². The molecule has 120 valence electrons. The van der Waals surface area contributed by atoms with Gasteiger partial charge in [-0.15, -0.1) is 0 Å². The molecule has 0 aromatic carbocycles. The summed E-state index contributed by atoms with van der Waals surface area (Å²) in [7, 11) is 0. The molecule has 5 atom stereocenters. The summed E-state index contributed by atoms with van der Waals surface area (Å²) in [4.78, 5) is 12.4. The molecule has 0 radical (unpaired) electrons. The molecule has 3 heteroatoms. The van der Waals surface area contributed by atoms with E-state index in [1.807, 2.05) is 0 Å². The predicted molar refractivity (Wildman–Crippen MR) is 86.0 cm³/mol. The molecule has 0 aromatic rings. The van der Waals surface area contributed by atoms with E-state index in [1.54, 1.807) is 0 Å². The number of hydrogen-bond donors (Lipinski definition) is 2. The summed E-state index contributed by atoms with van der Waals surface area (Å²) in [5.41, 5.74) is 0. The van der Waals surface area contributed by atoms with Crippen molar-refractivity contribution in [3.05, 3.63) is 0 Å². The molecule has 2 aliphatic carbocycles. The zero-order valence-electron chi connectivity index (χ0n) is 13.6. The largest absolute Gasteiger partial charge is 0.354 e. The van der Waals surface area contributed by atoms with Crippen molar-refractivity contribution >= 4 is 5.91 Å². The van der Waals surface area contributed by atoms with Crippen LogP contribution in [0.5, 0.6) is 0 Å². The van der Waals surface area contributed by atoms with Gasteiger partial charge in [-0.25, -0.2) is 0 Å². The zero-order valence-corrected chi connectivity index (χ0v) is 13.6. The molecule has 3 fully saturated rings. The molecule has 1 saturated heterocycles. The van der Waals surface area contributed by atoms with Crippen molar-refractivity contribution in [2.24, 2.45) is 17.8 Å². The first kappa shape index (κ1) is 15.3. The Morgan fingerprint density at radius 1 is 1.05 bits per heavy atom. The molecule has 21 heavy (non-hydrogen) atoms. The first-order chi connectivity index (χ1) is 10.2. The van der Waals surface area contributed by atoms with E-state index >= 15 is 0 Å². The highest BCUT2D eigenvalue weighted by atomic mass is 16.2.